The first-order chi connectivity index (χ1) is 17.8. The number of hydrogen-bond donors (Lipinski definition) is 1. The predicted octanol–water partition coefficient (Wildman–Crippen LogP) is 4.44. The fourth-order valence-corrected chi connectivity index (χ4v) is 4.80. The summed E-state index contributed by atoms with van der Waals surface area (Å²) in [5, 5.41) is 12.8. The molecule has 1 amide bonds. The molecular formula is C30H27N3O3S. The molecule has 0 spiro atoms. The molecule has 0 unspecified atom stereocenters. The number of amides is 1. The van der Waals surface area contributed by atoms with Gasteiger partial charge in [-0.25, -0.2) is 0 Å². The lowest BCUT2D eigenvalue weighted by Crippen LogP contribution is -2.32. The number of anilines is 1. The predicted molar refractivity (Wildman–Crippen MR) is 149 cm³/mol. The summed E-state index contributed by atoms with van der Waals surface area (Å²) < 4.78 is 7.98. The van der Waals surface area contributed by atoms with Crippen molar-refractivity contribution in [3.63, 3.8) is 0 Å². The van der Waals surface area contributed by atoms with Gasteiger partial charge in [0.25, 0.3) is 11.5 Å². The smallest absolute Gasteiger partial charge is 0.273 e. The molecule has 1 heterocycles. The van der Waals surface area contributed by atoms with E-state index in [0.29, 0.717) is 21.7 Å². The van der Waals surface area contributed by atoms with Crippen LogP contribution in [0.15, 0.2) is 77.6 Å². The Morgan fingerprint density at radius 3 is 2.24 bits per heavy atom. The molecule has 0 fully saturated rings. The Bertz CT molecular complexity index is 1660. The zero-order chi connectivity index (χ0) is 26.5. The Morgan fingerprint density at radius 1 is 1.00 bits per heavy atom. The van der Waals surface area contributed by atoms with Gasteiger partial charge in [-0.1, -0.05) is 53.6 Å². The molecular weight excluding hydrogens is 482 g/mol. The molecule has 0 saturated heterocycles. The molecule has 0 aliphatic heterocycles. The second-order valence-corrected chi connectivity index (χ2v) is 9.93. The SMILES string of the molecule is Cc1ccc(NC(=O)C(C#N)=c2sc(=Cc3ccccc3OC(C)C)c(=O)n2-c2ccc(C)cc2)cc1. The van der Waals surface area contributed by atoms with E-state index in [1.165, 1.54) is 4.57 Å². The van der Waals surface area contributed by atoms with E-state index in [-0.39, 0.29) is 21.9 Å². The molecule has 7 heteroatoms. The van der Waals surface area contributed by atoms with E-state index in [9.17, 15) is 14.9 Å². The molecule has 186 valence electrons. The van der Waals surface area contributed by atoms with Gasteiger partial charge in [0.05, 0.1) is 16.3 Å². The standard InChI is InChI=1S/C30H27N3O3S/c1-19(2)36-26-8-6-5-7-22(26)17-27-29(35)33(24-15-11-21(4)12-16-24)30(37-27)25(18-31)28(34)32-23-13-9-20(3)10-14-23/h5-17,19H,1-4H3,(H,32,34). The van der Waals surface area contributed by atoms with Crippen LogP contribution in [0.1, 0.15) is 30.5 Å². The van der Waals surface area contributed by atoms with E-state index < -0.39 is 5.91 Å². The summed E-state index contributed by atoms with van der Waals surface area (Å²) in [7, 11) is 0. The van der Waals surface area contributed by atoms with Crippen LogP contribution in [-0.4, -0.2) is 16.6 Å². The number of nitrogens with one attached hydrogen (secondary N) is 1. The number of aryl methyl sites for hydroxylation is 2. The van der Waals surface area contributed by atoms with Crippen LogP contribution in [0.4, 0.5) is 5.69 Å². The van der Waals surface area contributed by atoms with Crippen LogP contribution in [0.25, 0.3) is 17.3 Å². The van der Waals surface area contributed by atoms with E-state index in [4.69, 9.17) is 4.74 Å². The van der Waals surface area contributed by atoms with Crippen LogP contribution in [0.3, 0.4) is 0 Å². The molecule has 6 nitrogen and oxygen atoms in total. The van der Waals surface area contributed by atoms with Gasteiger partial charge in [-0.15, -0.1) is 11.3 Å². The highest BCUT2D eigenvalue weighted by atomic mass is 32.1. The van der Waals surface area contributed by atoms with Crippen LogP contribution in [0.2, 0.25) is 0 Å². The number of rotatable bonds is 6. The van der Waals surface area contributed by atoms with Crippen LogP contribution in [0.5, 0.6) is 5.75 Å². The summed E-state index contributed by atoms with van der Waals surface area (Å²) in [4.78, 5) is 26.9. The topological polar surface area (TPSA) is 84.1 Å². The highest BCUT2D eigenvalue weighted by Gasteiger charge is 2.17. The maximum atomic E-state index is 13.7. The molecule has 0 bridgehead atoms. The second-order valence-electron chi connectivity index (χ2n) is 8.90. The minimum Gasteiger partial charge on any atom is -0.490 e. The first-order valence-corrected chi connectivity index (χ1v) is 12.7. The molecule has 4 rings (SSSR count). The number of benzene rings is 3. The lowest BCUT2D eigenvalue weighted by atomic mass is 10.2. The minimum atomic E-state index is -0.580. The van der Waals surface area contributed by atoms with Crippen LogP contribution in [-0.2, 0) is 4.79 Å². The zero-order valence-electron chi connectivity index (χ0n) is 21.1. The number of thiazole rings is 1. The Labute approximate surface area is 219 Å². The largest absolute Gasteiger partial charge is 0.490 e. The van der Waals surface area contributed by atoms with Gasteiger partial charge < -0.3 is 10.1 Å². The van der Waals surface area contributed by atoms with Crippen molar-refractivity contribution in [3.05, 3.63) is 109 Å². The quantitative estimate of drug-likeness (QED) is 0.416. The molecule has 0 atom stereocenters. The van der Waals surface area contributed by atoms with Crippen molar-refractivity contribution < 1.29 is 9.53 Å². The Kier molecular flexibility index (Phi) is 7.71. The van der Waals surface area contributed by atoms with Crippen LogP contribution >= 0.6 is 11.3 Å². The molecule has 0 aliphatic rings. The van der Waals surface area contributed by atoms with E-state index in [2.05, 4.69) is 5.32 Å². The normalized spacial score (nSPS) is 12.3. The third-order valence-corrected chi connectivity index (χ3v) is 6.64. The Morgan fingerprint density at radius 2 is 1.62 bits per heavy atom. The summed E-state index contributed by atoms with van der Waals surface area (Å²) in [5.41, 5.74) is 3.49. The molecule has 0 saturated carbocycles. The van der Waals surface area contributed by atoms with Crippen molar-refractivity contribution in [2.24, 2.45) is 0 Å². The lowest BCUT2D eigenvalue weighted by Gasteiger charge is -2.11. The van der Waals surface area contributed by atoms with Gasteiger partial charge in [-0.05, 0) is 64.1 Å². The first kappa shape index (κ1) is 25.7. The van der Waals surface area contributed by atoms with Gasteiger partial charge in [0.1, 0.15) is 16.5 Å². The minimum absolute atomic E-state index is 0.0401. The maximum absolute atomic E-state index is 13.7. The Hall–Kier alpha value is -4.41. The van der Waals surface area contributed by atoms with Gasteiger partial charge in [0.15, 0.2) is 5.57 Å². The molecule has 37 heavy (non-hydrogen) atoms. The number of carbonyl (C=O) groups excluding carboxylic acids is 1. The summed E-state index contributed by atoms with van der Waals surface area (Å²) in [6.07, 6.45) is 1.70. The number of nitriles is 1. The number of aromatic nitrogens is 1. The molecule has 3 aromatic carbocycles. The number of carbonyl (C=O) groups is 1. The Balaban J connectivity index is 1.95. The molecule has 4 aromatic rings. The van der Waals surface area contributed by atoms with E-state index in [1.807, 2.05) is 82.3 Å². The first-order valence-electron chi connectivity index (χ1n) is 11.9. The summed E-state index contributed by atoms with van der Waals surface area (Å²) in [5.74, 6) is 0.0684. The van der Waals surface area contributed by atoms with Crippen molar-refractivity contribution in [1.82, 2.24) is 4.57 Å². The molecule has 1 aromatic heterocycles. The summed E-state index contributed by atoms with van der Waals surface area (Å²) >= 11 is 1.10. The zero-order valence-corrected chi connectivity index (χ0v) is 21.9. The summed E-state index contributed by atoms with van der Waals surface area (Å²) in [6.45, 7) is 7.77. The van der Waals surface area contributed by atoms with Crippen LogP contribution < -0.4 is 24.8 Å². The fourth-order valence-electron chi connectivity index (χ4n) is 3.71. The average Bonchev–Trinajstić information content (AvgIpc) is 3.18. The number of nitrogens with zero attached hydrogens (tertiary/aromatic N) is 2. The molecule has 0 radical (unpaired) electrons. The van der Waals surface area contributed by atoms with Crippen molar-refractivity contribution in [2.75, 3.05) is 5.32 Å². The van der Waals surface area contributed by atoms with E-state index in [1.54, 1.807) is 30.3 Å². The fraction of sp³-hybridized carbons (Fsp3) is 0.167. The monoisotopic (exact) mass is 509 g/mol. The van der Waals surface area contributed by atoms with E-state index >= 15 is 0 Å². The second kappa shape index (κ2) is 11.1. The molecule has 1 N–H and O–H groups in total. The summed E-state index contributed by atoms with van der Waals surface area (Å²) in [6, 6.07) is 24.2. The highest BCUT2D eigenvalue weighted by molar-refractivity contribution is 7.07. The van der Waals surface area contributed by atoms with Gasteiger partial charge in [-0.3, -0.25) is 14.2 Å². The van der Waals surface area contributed by atoms with Gasteiger partial charge >= 0.3 is 0 Å². The van der Waals surface area contributed by atoms with Crippen LogP contribution in [0, 0.1) is 25.2 Å². The van der Waals surface area contributed by atoms with Crippen molar-refractivity contribution >= 4 is 34.6 Å². The van der Waals surface area contributed by atoms with E-state index in [0.717, 1.165) is 28.0 Å². The number of ether oxygens (including phenoxy) is 1. The third kappa shape index (κ3) is 5.88. The number of hydrogen-bond acceptors (Lipinski definition) is 5. The van der Waals surface area contributed by atoms with Crippen molar-refractivity contribution in [1.29, 1.82) is 5.26 Å². The van der Waals surface area contributed by atoms with Gasteiger partial charge in [0, 0.05) is 11.3 Å². The maximum Gasteiger partial charge on any atom is 0.273 e. The number of para-hydroxylation sites is 1. The van der Waals surface area contributed by atoms with Crippen molar-refractivity contribution in [2.45, 2.75) is 33.8 Å². The lowest BCUT2D eigenvalue weighted by molar-refractivity contribution is -0.111. The van der Waals surface area contributed by atoms with Gasteiger partial charge in [0.2, 0.25) is 0 Å². The third-order valence-electron chi connectivity index (χ3n) is 5.55. The molecule has 0 aliphatic carbocycles. The van der Waals surface area contributed by atoms with Gasteiger partial charge in [-0.2, -0.15) is 5.26 Å². The average molecular weight is 510 g/mol. The highest BCUT2D eigenvalue weighted by Crippen LogP contribution is 2.20. The van der Waals surface area contributed by atoms with Crippen molar-refractivity contribution in [3.8, 4) is 17.5 Å².